The second-order valence-electron chi connectivity index (χ2n) is 15.5. The van der Waals surface area contributed by atoms with Crippen molar-refractivity contribution in [3.63, 3.8) is 0 Å². The van der Waals surface area contributed by atoms with Crippen LogP contribution in [0.1, 0.15) is 65.5 Å². The second-order valence-corrected chi connectivity index (χ2v) is 15.5. The van der Waals surface area contributed by atoms with Crippen LogP contribution in [-0.4, -0.2) is 86.6 Å². The van der Waals surface area contributed by atoms with Gasteiger partial charge in [0.25, 0.3) is 0 Å². The maximum absolute atomic E-state index is 5.41. The Morgan fingerprint density at radius 3 is 1.20 bits per heavy atom. The van der Waals surface area contributed by atoms with Crippen LogP contribution in [0, 0.1) is 5.92 Å². The molecule has 5 heterocycles. The van der Waals surface area contributed by atoms with Gasteiger partial charge in [-0.3, -0.25) is 0 Å². The Hall–Kier alpha value is -2.41. The summed E-state index contributed by atoms with van der Waals surface area (Å²) in [5.41, 5.74) is 7.97. The Balaban J connectivity index is 0.000000258. The fraction of sp³-hybridized carbons (Fsp3) is 0.455. The van der Waals surface area contributed by atoms with Crippen molar-refractivity contribution in [1.82, 2.24) is 0 Å². The SMILES string of the molecule is C=Cc1ccc(C[N+]2(C)CCCC2)cc1.C=Cc1ccc(C[N+]2(C)CCOCC2)cc1.C=Cc1ccc(C[N+]23CCC(CC2)CC3)cc1.[Cl-].[Cl-].[Cl-]. The highest BCUT2D eigenvalue weighted by Crippen LogP contribution is 2.35. The van der Waals surface area contributed by atoms with Gasteiger partial charge in [-0.1, -0.05) is 111 Å². The Morgan fingerprint density at radius 1 is 0.510 bits per heavy atom. The minimum absolute atomic E-state index is 0. The molecule has 0 spiro atoms. The van der Waals surface area contributed by atoms with Crippen LogP contribution >= 0.6 is 0 Å². The number of morpholine rings is 1. The van der Waals surface area contributed by atoms with Gasteiger partial charge in [0.2, 0.25) is 0 Å². The van der Waals surface area contributed by atoms with Gasteiger partial charge in [0.15, 0.2) is 0 Å². The highest BCUT2D eigenvalue weighted by molar-refractivity contribution is 5.48. The molecule has 4 nitrogen and oxygen atoms in total. The third kappa shape index (κ3) is 13.5. The fourth-order valence-corrected chi connectivity index (χ4v) is 8.12. The van der Waals surface area contributed by atoms with E-state index in [4.69, 9.17) is 4.74 Å². The first-order valence-electron chi connectivity index (χ1n) is 18.5. The lowest BCUT2D eigenvalue weighted by Gasteiger charge is -2.49. The van der Waals surface area contributed by atoms with Crippen LogP contribution in [0.3, 0.4) is 0 Å². The molecule has 280 valence electrons. The van der Waals surface area contributed by atoms with Crippen LogP contribution in [0.5, 0.6) is 0 Å². The standard InChI is InChI=1S/C16H22N.C14H20NO.C14H20N.3ClH/c1-2-14-3-5-16(6-4-14)13-17-10-7-15(8-11-17)9-12-17;1-3-13-4-6-14(7-5-13)12-15(2)8-10-16-11-9-15;1-3-13-6-8-14(9-7-13)12-15(2)10-4-5-11-15;;;/h2-6,15H,1,7-13H2;3-7H,1,8-12H2,2H3;3,6-9H,1,4-5,10-12H2,2H3;3*1H/q3*+1;;;/p-3. The molecule has 5 aliphatic rings. The van der Waals surface area contributed by atoms with Gasteiger partial charge in [0.05, 0.1) is 60.0 Å². The smallest absolute Gasteiger partial charge is 0.104 e. The van der Waals surface area contributed by atoms with Crippen molar-refractivity contribution in [2.75, 3.05) is 73.1 Å². The molecule has 0 N–H and O–H groups in total. The number of fused-ring (bicyclic) bond motifs is 3. The number of likely N-dealkylation sites (N-methyl/N-ethyl adjacent to an activating group) is 1. The average molecular weight is 755 g/mol. The van der Waals surface area contributed by atoms with E-state index in [0.717, 1.165) is 43.2 Å². The van der Waals surface area contributed by atoms with E-state index in [9.17, 15) is 0 Å². The minimum atomic E-state index is 0. The summed E-state index contributed by atoms with van der Waals surface area (Å²) < 4.78 is 9.07. The van der Waals surface area contributed by atoms with Crippen molar-refractivity contribution in [3.05, 3.63) is 126 Å². The zero-order chi connectivity index (χ0) is 33.9. The number of rotatable bonds is 9. The number of likely N-dealkylation sites (tertiary alicyclic amines) is 1. The molecule has 0 unspecified atom stereocenters. The largest absolute Gasteiger partial charge is 1.00 e. The molecule has 3 aromatic carbocycles. The zero-order valence-electron chi connectivity index (χ0n) is 31.3. The van der Waals surface area contributed by atoms with Crippen LogP contribution in [0.15, 0.2) is 92.5 Å². The molecule has 0 aromatic heterocycles. The van der Waals surface area contributed by atoms with Crippen LogP contribution in [0.25, 0.3) is 18.2 Å². The first-order valence-corrected chi connectivity index (χ1v) is 18.5. The van der Waals surface area contributed by atoms with Gasteiger partial charge in [-0.15, -0.1) is 0 Å². The van der Waals surface area contributed by atoms with E-state index in [-0.39, 0.29) is 37.2 Å². The molecular formula is C44H62Cl3N3O. The van der Waals surface area contributed by atoms with E-state index in [0.29, 0.717) is 0 Å². The van der Waals surface area contributed by atoms with Gasteiger partial charge in [0, 0.05) is 29.5 Å². The topological polar surface area (TPSA) is 9.23 Å². The minimum Gasteiger partial charge on any atom is -1.00 e. The lowest BCUT2D eigenvalue weighted by atomic mass is 9.85. The van der Waals surface area contributed by atoms with E-state index < -0.39 is 0 Å². The highest BCUT2D eigenvalue weighted by Gasteiger charge is 2.39. The molecule has 5 saturated heterocycles. The second kappa shape index (κ2) is 21.3. The first kappa shape index (κ1) is 44.7. The molecule has 3 aromatic rings. The van der Waals surface area contributed by atoms with Crippen LogP contribution < -0.4 is 37.2 Å². The van der Waals surface area contributed by atoms with Crippen molar-refractivity contribution in [3.8, 4) is 0 Å². The third-order valence-electron chi connectivity index (χ3n) is 11.5. The molecule has 0 atom stereocenters. The van der Waals surface area contributed by atoms with Crippen molar-refractivity contribution in [2.24, 2.45) is 5.92 Å². The lowest BCUT2D eigenvalue weighted by molar-refractivity contribution is -0.955. The van der Waals surface area contributed by atoms with Crippen LogP contribution in [-0.2, 0) is 24.4 Å². The fourth-order valence-electron chi connectivity index (χ4n) is 8.12. The molecule has 5 aliphatic heterocycles. The van der Waals surface area contributed by atoms with Gasteiger partial charge in [-0.05, 0) is 41.9 Å². The number of piperidine rings is 3. The van der Waals surface area contributed by atoms with E-state index >= 15 is 0 Å². The van der Waals surface area contributed by atoms with E-state index in [1.807, 2.05) is 18.2 Å². The van der Waals surface area contributed by atoms with Gasteiger partial charge >= 0.3 is 0 Å². The summed E-state index contributed by atoms with van der Waals surface area (Å²) >= 11 is 0. The third-order valence-corrected chi connectivity index (χ3v) is 11.5. The maximum Gasteiger partial charge on any atom is 0.104 e. The van der Waals surface area contributed by atoms with Gasteiger partial charge in [-0.2, -0.15) is 0 Å². The summed E-state index contributed by atoms with van der Waals surface area (Å²) in [4.78, 5) is 0. The maximum atomic E-state index is 5.41. The van der Waals surface area contributed by atoms with Crippen molar-refractivity contribution in [2.45, 2.75) is 51.7 Å². The zero-order valence-corrected chi connectivity index (χ0v) is 33.5. The Labute approximate surface area is 328 Å². The number of quaternary nitrogens is 3. The van der Waals surface area contributed by atoms with Crippen molar-refractivity contribution >= 4 is 18.2 Å². The van der Waals surface area contributed by atoms with Crippen molar-refractivity contribution in [1.29, 1.82) is 0 Å². The number of halogens is 3. The normalized spacial score (nSPS) is 22.1. The average Bonchev–Trinajstić information content (AvgIpc) is 3.56. The molecular weight excluding hydrogens is 693 g/mol. The van der Waals surface area contributed by atoms with Crippen LogP contribution in [0.4, 0.5) is 0 Å². The molecule has 8 rings (SSSR count). The molecule has 2 bridgehead atoms. The molecule has 0 saturated carbocycles. The Kier molecular flexibility index (Phi) is 18.7. The predicted molar refractivity (Wildman–Crippen MR) is 205 cm³/mol. The number of hydrogen-bond donors (Lipinski definition) is 0. The van der Waals surface area contributed by atoms with E-state index in [1.54, 1.807) is 0 Å². The lowest BCUT2D eigenvalue weighted by Crippen LogP contribution is -3.00. The van der Waals surface area contributed by atoms with Crippen LogP contribution in [0.2, 0.25) is 0 Å². The molecule has 7 heteroatoms. The summed E-state index contributed by atoms with van der Waals surface area (Å²) in [5, 5.41) is 0. The summed E-state index contributed by atoms with van der Waals surface area (Å²) in [7, 11) is 4.68. The summed E-state index contributed by atoms with van der Waals surface area (Å²) in [6, 6.07) is 26.4. The predicted octanol–water partition coefficient (Wildman–Crippen LogP) is -0.151. The quantitative estimate of drug-likeness (QED) is 0.277. The molecule has 0 radical (unpaired) electrons. The number of ether oxygens (including phenoxy) is 1. The first-order chi connectivity index (χ1) is 23.2. The summed E-state index contributed by atoms with van der Waals surface area (Å²) in [5.74, 6) is 1.05. The number of nitrogens with zero attached hydrogens (tertiary/aromatic N) is 3. The van der Waals surface area contributed by atoms with Gasteiger partial charge < -0.3 is 55.4 Å². The molecule has 5 fully saturated rings. The van der Waals surface area contributed by atoms with Gasteiger partial charge in [0.1, 0.15) is 32.7 Å². The Bertz CT molecular complexity index is 1440. The molecule has 0 aliphatic carbocycles. The highest BCUT2D eigenvalue weighted by atomic mass is 35.5. The van der Waals surface area contributed by atoms with Crippen molar-refractivity contribution < 1.29 is 55.4 Å². The monoisotopic (exact) mass is 753 g/mol. The molecule has 0 amide bonds. The summed E-state index contributed by atoms with van der Waals surface area (Å²) in [6.07, 6.45) is 12.9. The summed E-state index contributed by atoms with van der Waals surface area (Å²) in [6.45, 7) is 25.8. The van der Waals surface area contributed by atoms with E-state index in [2.05, 4.69) is 107 Å². The molecule has 51 heavy (non-hydrogen) atoms. The number of benzene rings is 3. The van der Waals surface area contributed by atoms with Gasteiger partial charge in [-0.25, -0.2) is 0 Å². The number of hydrogen-bond acceptors (Lipinski definition) is 1. The van der Waals surface area contributed by atoms with E-state index in [1.165, 1.54) is 120 Å². The Morgan fingerprint density at radius 2 is 0.843 bits per heavy atom.